The maximum absolute atomic E-state index is 11.8. The van der Waals surface area contributed by atoms with E-state index in [-0.39, 0.29) is 19.1 Å². The molecule has 0 aliphatic heterocycles. The molecule has 6 heteroatoms. The molecule has 0 saturated carbocycles. The van der Waals surface area contributed by atoms with Crippen LogP contribution in [0.25, 0.3) is 0 Å². The summed E-state index contributed by atoms with van der Waals surface area (Å²) in [6.07, 6.45) is -0.791. The Balaban J connectivity index is 1.74. The second-order valence-electron chi connectivity index (χ2n) is 5.29. The summed E-state index contributed by atoms with van der Waals surface area (Å²) < 4.78 is 15.8. The number of aliphatic hydroxyl groups excluding tert-OH is 1. The number of nitrogens with one attached hydrogen (secondary N) is 1. The summed E-state index contributed by atoms with van der Waals surface area (Å²) in [5, 5.41) is 12.7. The molecule has 0 aliphatic rings. The Kier molecular flexibility index (Phi) is 7.10. The molecule has 1 unspecified atom stereocenters. The van der Waals surface area contributed by atoms with Crippen molar-refractivity contribution in [3.63, 3.8) is 0 Å². The van der Waals surface area contributed by atoms with Gasteiger partial charge in [-0.05, 0) is 48.9 Å². The van der Waals surface area contributed by atoms with E-state index in [0.717, 1.165) is 5.75 Å². The minimum absolute atomic E-state index is 0.109. The molecular formula is C19H23NO5. The summed E-state index contributed by atoms with van der Waals surface area (Å²) in [4.78, 5) is 11.8. The van der Waals surface area contributed by atoms with Gasteiger partial charge in [0.05, 0.1) is 19.8 Å². The Labute approximate surface area is 147 Å². The van der Waals surface area contributed by atoms with Gasteiger partial charge in [0.15, 0.2) is 6.61 Å². The van der Waals surface area contributed by atoms with Crippen molar-refractivity contribution in [1.29, 1.82) is 0 Å². The van der Waals surface area contributed by atoms with Crippen LogP contribution in [-0.4, -0.2) is 37.9 Å². The third-order valence-corrected chi connectivity index (χ3v) is 3.50. The molecule has 0 heterocycles. The predicted molar refractivity (Wildman–Crippen MR) is 94.1 cm³/mol. The van der Waals surface area contributed by atoms with Crippen LogP contribution in [0.3, 0.4) is 0 Å². The van der Waals surface area contributed by atoms with E-state index in [4.69, 9.17) is 14.2 Å². The lowest BCUT2D eigenvalue weighted by Gasteiger charge is -2.13. The van der Waals surface area contributed by atoms with E-state index in [9.17, 15) is 9.90 Å². The summed E-state index contributed by atoms with van der Waals surface area (Å²) in [6, 6.07) is 14.1. The second-order valence-corrected chi connectivity index (χ2v) is 5.29. The van der Waals surface area contributed by atoms with Crippen LogP contribution in [0.2, 0.25) is 0 Å². The number of carbonyl (C=O) groups excluding carboxylic acids is 1. The molecule has 0 spiro atoms. The molecule has 6 nitrogen and oxygen atoms in total. The summed E-state index contributed by atoms with van der Waals surface area (Å²) in [5.41, 5.74) is 0.702. The minimum atomic E-state index is -0.791. The lowest BCUT2D eigenvalue weighted by molar-refractivity contribution is -0.123. The van der Waals surface area contributed by atoms with Gasteiger partial charge in [0.25, 0.3) is 5.91 Å². The molecule has 2 rings (SSSR count). The lowest BCUT2D eigenvalue weighted by atomic mass is 10.1. The normalized spacial score (nSPS) is 11.5. The van der Waals surface area contributed by atoms with Gasteiger partial charge in [-0.2, -0.15) is 0 Å². The molecule has 0 radical (unpaired) electrons. The zero-order valence-electron chi connectivity index (χ0n) is 14.4. The van der Waals surface area contributed by atoms with Crippen LogP contribution in [0, 0.1) is 0 Å². The molecule has 0 fully saturated rings. The molecule has 0 saturated heterocycles. The van der Waals surface area contributed by atoms with Gasteiger partial charge >= 0.3 is 0 Å². The molecule has 0 bridgehead atoms. The number of hydrogen-bond donors (Lipinski definition) is 2. The highest BCUT2D eigenvalue weighted by molar-refractivity contribution is 5.77. The summed E-state index contributed by atoms with van der Waals surface area (Å²) in [6.45, 7) is 2.50. The van der Waals surface area contributed by atoms with Crippen LogP contribution in [0.15, 0.2) is 48.5 Å². The summed E-state index contributed by atoms with van der Waals surface area (Å²) >= 11 is 0. The van der Waals surface area contributed by atoms with Crippen molar-refractivity contribution in [1.82, 2.24) is 5.32 Å². The van der Waals surface area contributed by atoms with Crippen molar-refractivity contribution in [2.45, 2.75) is 13.0 Å². The number of methoxy groups -OCH3 is 1. The fraction of sp³-hybridized carbons (Fsp3) is 0.316. The molecule has 2 N–H and O–H groups in total. The predicted octanol–water partition coefficient (Wildman–Crippen LogP) is 2.32. The van der Waals surface area contributed by atoms with Crippen molar-refractivity contribution in [2.24, 2.45) is 0 Å². The maximum Gasteiger partial charge on any atom is 0.258 e. The molecule has 25 heavy (non-hydrogen) atoms. The Morgan fingerprint density at radius 3 is 2.12 bits per heavy atom. The first-order chi connectivity index (χ1) is 12.1. The highest BCUT2D eigenvalue weighted by atomic mass is 16.5. The molecule has 0 aliphatic carbocycles. The van der Waals surface area contributed by atoms with Crippen molar-refractivity contribution in [3.05, 3.63) is 54.1 Å². The van der Waals surface area contributed by atoms with Crippen LogP contribution in [0.5, 0.6) is 17.2 Å². The van der Waals surface area contributed by atoms with Crippen LogP contribution in [-0.2, 0) is 4.79 Å². The highest BCUT2D eigenvalue weighted by Gasteiger charge is 2.10. The zero-order valence-corrected chi connectivity index (χ0v) is 14.4. The number of ether oxygens (including phenoxy) is 3. The zero-order chi connectivity index (χ0) is 18.1. The van der Waals surface area contributed by atoms with Crippen molar-refractivity contribution in [2.75, 3.05) is 26.9 Å². The van der Waals surface area contributed by atoms with Crippen molar-refractivity contribution in [3.8, 4) is 17.2 Å². The van der Waals surface area contributed by atoms with Gasteiger partial charge in [0.2, 0.25) is 0 Å². The van der Waals surface area contributed by atoms with E-state index in [0.29, 0.717) is 23.7 Å². The van der Waals surface area contributed by atoms with E-state index in [1.54, 1.807) is 55.6 Å². The van der Waals surface area contributed by atoms with E-state index < -0.39 is 6.10 Å². The average molecular weight is 345 g/mol. The largest absolute Gasteiger partial charge is 0.497 e. The van der Waals surface area contributed by atoms with Crippen LogP contribution < -0.4 is 19.5 Å². The summed E-state index contributed by atoms with van der Waals surface area (Å²) in [7, 11) is 1.58. The van der Waals surface area contributed by atoms with Gasteiger partial charge in [0, 0.05) is 6.54 Å². The number of hydrogen-bond acceptors (Lipinski definition) is 5. The molecular weight excluding hydrogens is 322 g/mol. The molecule has 0 aromatic heterocycles. The Hall–Kier alpha value is -2.73. The number of aliphatic hydroxyl groups is 1. The maximum atomic E-state index is 11.8. The van der Waals surface area contributed by atoms with E-state index >= 15 is 0 Å². The molecule has 1 amide bonds. The average Bonchev–Trinajstić information content (AvgIpc) is 2.66. The fourth-order valence-electron chi connectivity index (χ4n) is 2.15. The third-order valence-electron chi connectivity index (χ3n) is 3.50. The van der Waals surface area contributed by atoms with Crippen LogP contribution in [0.4, 0.5) is 0 Å². The standard InChI is InChI=1S/C19H23NO5/c1-3-24-16-8-10-17(11-9-16)25-13-19(22)20-12-18(21)14-4-6-15(23-2)7-5-14/h4-11,18,21H,3,12-13H2,1-2H3,(H,20,22). The van der Waals surface area contributed by atoms with Crippen LogP contribution >= 0.6 is 0 Å². The van der Waals surface area contributed by atoms with E-state index in [1.165, 1.54) is 0 Å². The lowest BCUT2D eigenvalue weighted by Crippen LogP contribution is -2.32. The first kappa shape index (κ1) is 18.6. The highest BCUT2D eigenvalue weighted by Crippen LogP contribution is 2.18. The third kappa shape index (κ3) is 6.00. The van der Waals surface area contributed by atoms with Crippen LogP contribution in [0.1, 0.15) is 18.6 Å². The number of amides is 1. The van der Waals surface area contributed by atoms with Gasteiger partial charge in [-0.15, -0.1) is 0 Å². The van der Waals surface area contributed by atoms with Gasteiger partial charge in [0.1, 0.15) is 17.2 Å². The molecule has 1 atom stereocenters. The van der Waals surface area contributed by atoms with Crippen molar-refractivity contribution >= 4 is 5.91 Å². The monoisotopic (exact) mass is 345 g/mol. The molecule has 2 aromatic rings. The second kappa shape index (κ2) is 9.54. The van der Waals surface area contributed by atoms with Gasteiger partial charge in [-0.3, -0.25) is 4.79 Å². The van der Waals surface area contributed by atoms with Crippen molar-refractivity contribution < 1.29 is 24.1 Å². The van der Waals surface area contributed by atoms with E-state index in [2.05, 4.69) is 5.32 Å². The first-order valence-electron chi connectivity index (χ1n) is 8.06. The summed E-state index contributed by atoms with van der Waals surface area (Å²) in [5.74, 6) is 1.74. The van der Waals surface area contributed by atoms with Gasteiger partial charge < -0.3 is 24.6 Å². The van der Waals surface area contributed by atoms with E-state index in [1.807, 2.05) is 6.92 Å². The number of rotatable bonds is 9. The topological polar surface area (TPSA) is 77.0 Å². The Bertz CT molecular complexity index is 655. The number of benzene rings is 2. The quantitative estimate of drug-likeness (QED) is 0.729. The first-order valence-corrected chi connectivity index (χ1v) is 8.06. The van der Waals surface area contributed by atoms with Gasteiger partial charge in [-0.25, -0.2) is 0 Å². The Morgan fingerprint density at radius 1 is 1.00 bits per heavy atom. The number of carbonyl (C=O) groups is 1. The SMILES string of the molecule is CCOc1ccc(OCC(=O)NCC(O)c2ccc(OC)cc2)cc1. The smallest absolute Gasteiger partial charge is 0.258 e. The van der Waals surface area contributed by atoms with Gasteiger partial charge in [-0.1, -0.05) is 12.1 Å². The molecule has 134 valence electrons. The Morgan fingerprint density at radius 2 is 1.56 bits per heavy atom. The fourth-order valence-corrected chi connectivity index (χ4v) is 2.15. The minimum Gasteiger partial charge on any atom is -0.497 e. The molecule has 2 aromatic carbocycles.